The van der Waals surface area contributed by atoms with Gasteiger partial charge in [0.1, 0.15) is 11.3 Å². The highest BCUT2D eigenvalue weighted by molar-refractivity contribution is 9.10. The van der Waals surface area contributed by atoms with E-state index >= 15 is 0 Å². The maximum Gasteiger partial charge on any atom is 0.339 e. The van der Waals surface area contributed by atoms with Gasteiger partial charge in [-0.25, -0.2) is 4.79 Å². The highest BCUT2D eigenvalue weighted by Gasteiger charge is 2.35. The van der Waals surface area contributed by atoms with Crippen molar-refractivity contribution in [3.63, 3.8) is 0 Å². The number of carbonyl (C=O) groups excluding carboxylic acids is 1. The van der Waals surface area contributed by atoms with E-state index in [1.165, 1.54) is 10.9 Å². The monoisotopic (exact) mass is 349 g/mol. The van der Waals surface area contributed by atoms with Crippen LogP contribution in [0.1, 0.15) is 27.8 Å². The summed E-state index contributed by atoms with van der Waals surface area (Å²) in [6, 6.07) is 7.24. The van der Waals surface area contributed by atoms with Crippen molar-refractivity contribution in [2.45, 2.75) is 19.5 Å². The average molecular weight is 350 g/mol. The first-order valence-corrected chi connectivity index (χ1v) is 7.16. The van der Waals surface area contributed by atoms with Crippen LogP contribution in [-0.2, 0) is 6.54 Å². The number of benzene rings is 1. The highest BCUT2D eigenvalue weighted by Crippen LogP contribution is 2.27. The normalized spacial score (nSPS) is 17.7. The van der Waals surface area contributed by atoms with E-state index in [1.54, 1.807) is 4.90 Å². The summed E-state index contributed by atoms with van der Waals surface area (Å²) in [5.41, 5.74) is 0.803. The molecule has 108 valence electrons. The average Bonchev–Trinajstić information content (AvgIpc) is 2.85. The summed E-state index contributed by atoms with van der Waals surface area (Å²) >= 11 is 3.35. The Bertz CT molecular complexity index is 724. The van der Waals surface area contributed by atoms with Crippen molar-refractivity contribution in [1.29, 1.82) is 0 Å². The van der Waals surface area contributed by atoms with Crippen LogP contribution in [0.2, 0.25) is 0 Å². The molecule has 0 spiro atoms. The molecule has 1 N–H and O–H groups in total. The van der Waals surface area contributed by atoms with Gasteiger partial charge in [0.05, 0.1) is 18.8 Å². The molecule has 1 aliphatic heterocycles. The lowest BCUT2D eigenvalue weighted by atomic mass is 10.1. The van der Waals surface area contributed by atoms with Gasteiger partial charge in [-0.15, -0.1) is 0 Å². The van der Waals surface area contributed by atoms with Gasteiger partial charge in [0.25, 0.3) is 5.91 Å². The summed E-state index contributed by atoms with van der Waals surface area (Å²) in [4.78, 5) is 25.5. The fraction of sp³-hybridized carbons (Fsp3) is 0.214. The van der Waals surface area contributed by atoms with E-state index < -0.39 is 5.97 Å². The molecule has 6 nitrogen and oxygen atoms in total. The molecular weight excluding hydrogens is 338 g/mol. The quantitative estimate of drug-likeness (QED) is 0.903. The van der Waals surface area contributed by atoms with Crippen LogP contribution in [0.15, 0.2) is 34.9 Å². The summed E-state index contributed by atoms with van der Waals surface area (Å²) in [5, 5.41) is 13.2. The third-order valence-corrected chi connectivity index (χ3v) is 4.00. The minimum absolute atomic E-state index is 0.0611. The number of fused-ring (bicyclic) bond motifs is 1. The maximum absolute atomic E-state index is 12.7. The van der Waals surface area contributed by atoms with Gasteiger partial charge in [-0.05, 0) is 31.2 Å². The number of carboxylic acids is 1. The van der Waals surface area contributed by atoms with Crippen molar-refractivity contribution in [3.8, 4) is 0 Å². The zero-order valence-corrected chi connectivity index (χ0v) is 12.7. The van der Waals surface area contributed by atoms with Gasteiger partial charge in [0.15, 0.2) is 0 Å². The number of carbonyl (C=O) groups is 2. The molecule has 2 heterocycles. The van der Waals surface area contributed by atoms with Crippen LogP contribution >= 0.6 is 15.9 Å². The van der Waals surface area contributed by atoms with Crippen molar-refractivity contribution in [1.82, 2.24) is 9.78 Å². The molecule has 1 unspecified atom stereocenters. The molecule has 3 rings (SSSR count). The lowest BCUT2D eigenvalue weighted by Crippen LogP contribution is -2.47. The summed E-state index contributed by atoms with van der Waals surface area (Å²) < 4.78 is 2.38. The fourth-order valence-corrected chi connectivity index (χ4v) is 2.79. The lowest BCUT2D eigenvalue weighted by molar-refractivity contribution is 0.0690. The van der Waals surface area contributed by atoms with Gasteiger partial charge in [0.2, 0.25) is 0 Å². The molecule has 0 saturated heterocycles. The zero-order valence-electron chi connectivity index (χ0n) is 11.2. The van der Waals surface area contributed by atoms with Gasteiger partial charge in [0, 0.05) is 10.2 Å². The highest BCUT2D eigenvalue weighted by atomic mass is 79.9. The lowest BCUT2D eigenvalue weighted by Gasteiger charge is -2.34. The molecule has 2 aromatic rings. The number of carboxylic acid groups (broad SMARTS) is 1. The molecule has 0 radical (unpaired) electrons. The van der Waals surface area contributed by atoms with E-state index in [4.69, 9.17) is 0 Å². The van der Waals surface area contributed by atoms with Crippen LogP contribution in [0.4, 0.5) is 5.69 Å². The number of nitrogens with zero attached hydrogens (tertiary/aromatic N) is 3. The number of aromatic nitrogens is 2. The standard InChI is InChI=1S/C14H12BrN3O3/c1-8-7-17-12(11(6-16-17)14(20)21)13(19)18(8)10-4-2-9(15)3-5-10/h2-6,8H,7H2,1H3,(H,20,21). The first-order chi connectivity index (χ1) is 9.99. The van der Waals surface area contributed by atoms with Crippen molar-refractivity contribution >= 4 is 33.5 Å². The molecule has 1 atom stereocenters. The Morgan fingerprint density at radius 1 is 1.38 bits per heavy atom. The van der Waals surface area contributed by atoms with Gasteiger partial charge >= 0.3 is 5.97 Å². The van der Waals surface area contributed by atoms with Crippen molar-refractivity contribution in [2.75, 3.05) is 4.90 Å². The van der Waals surface area contributed by atoms with Crippen molar-refractivity contribution < 1.29 is 14.7 Å². The minimum atomic E-state index is -1.14. The van der Waals surface area contributed by atoms with Gasteiger partial charge in [-0.3, -0.25) is 9.48 Å². The Kier molecular flexibility index (Phi) is 3.29. The first-order valence-electron chi connectivity index (χ1n) is 6.37. The van der Waals surface area contributed by atoms with E-state index in [2.05, 4.69) is 21.0 Å². The molecule has 1 amide bonds. The number of amides is 1. The number of hydrogen-bond donors (Lipinski definition) is 1. The third kappa shape index (κ3) is 2.23. The smallest absolute Gasteiger partial charge is 0.339 e. The molecule has 0 saturated carbocycles. The SMILES string of the molecule is CC1Cn2ncc(C(=O)O)c2C(=O)N1c1ccc(Br)cc1. The Hall–Kier alpha value is -2.15. The number of rotatable bonds is 2. The van der Waals surface area contributed by atoms with E-state index in [0.29, 0.717) is 6.54 Å². The molecule has 0 aliphatic carbocycles. The van der Waals surface area contributed by atoms with E-state index in [-0.39, 0.29) is 23.2 Å². The largest absolute Gasteiger partial charge is 0.478 e. The number of hydrogen-bond acceptors (Lipinski definition) is 3. The predicted octanol–water partition coefficient (Wildman–Crippen LogP) is 2.39. The number of halogens is 1. The van der Waals surface area contributed by atoms with Crippen molar-refractivity contribution in [2.24, 2.45) is 0 Å². The molecule has 0 fully saturated rings. The molecule has 1 aromatic heterocycles. The molecule has 1 aliphatic rings. The van der Waals surface area contributed by atoms with Gasteiger partial charge < -0.3 is 10.0 Å². The maximum atomic E-state index is 12.7. The first kappa shape index (κ1) is 13.8. The van der Waals surface area contributed by atoms with E-state index in [9.17, 15) is 14.7 Å². The summed E-state index contributed by atoms with van der Waals surface area (Å²) in [6.45, 7) is 2.37. The van der Waals surface area contributed by atoms with Crippen LogP contribution in [0.3, 0.4) is 0 Å². The second-order valence-electron chi connectivity index (χ2n) is 4.89. The van der Waals surface area contributed by atoms with Crippen molar-refractivity contribution in [3.05, 3.63) is 46.2 Å². The Morgan fingerprint density at radius 3 is 2.67 bits per heavy atom. The molecular formula is C14H12BrN3O3. The third-order valence-electron chi connectivity index (χ3n) is 3.47. The summed E-state index contributed by atoms with van der Waals surface area (Å²) in [7, 11) is 0. The van der Waals surface area contributed by atoms with Gasteiger partial charge in [-0.2, -0.15) is 5.10 Å². The van der Waals surface area contributed by atoms with E-state index in [0.717, 1.165) is 10.2 Å². The topological polar surface area (TPSA) is 75.4 Å². The summed E-state index contributed by atoms with van der Waals surface area (Å²) in [6.07, 6.45) is 1.23. The van der Waals surface area contributed by atoms with Crippen LogP contribution in [0.25, 0.3) is 0 Å². The Balaban J connectivity index is 2.08. The molecule has 0 bridgehead atoms. The minimum Gasteiger partial charge on any atom is -0.478 e. The second kappa shape index (κ2) is 5.00. The number of anilines is 1. The Labute approximate surface area is 129 Å². The fourth-order valence-electron chi connectivity index (χ4n) is 2.53. The van der Waals surface area contributed by atoms with Crippen LogP contribution in [0, 0.1) is 0 Å². The molecule has 21 heavy (non-hydrogen) atoms. The van der Waals surface area contributed by atoms with Crippen LogP contribution in [0.5, 0.6) is 0 Å². The predicted molar refractivity (Wildman–Crippen MR) is 79.6 cm³/mol. The van der Waals surface area contributed by atoms with Crippen LogP contribution < -0.4 is 4.90 Å². The summed E-state index contributed by atoms with van der Waals surface area (Å²) in [5.74, 6) is -1.49. The number of aromatic carboxylic acids is 1. The zero-order chi connectivity index (χ0) is 15.1. The second-order valence-corrected chi connectivity index (χ2v) is 5.81. The van der Waals surface area contributed by atoms with Gasteiger partial charge in [-0.1, -0.05) is 15.9 Å². The van der Waals surface area contributed by atoms with Crippen LogP contribution in [-0.4, -0.2) is 32.8 Å². The Morgan fingerprint density at radius 2 is 2.05 bits per heavy atom. The van der Waals surface area contributed by atoms with E-state index in [1.807, 2.05) is 31.2 Å². The molecule has 7 heteroatoms. The molecule has 1 aromatic carbocycles.